The van der Waals surface area contributed by atoms with Crippen molar-refractivity contribution in [3.63, 3.8) is 0 Å². The molecule has 0 saturated carbocycles. The SMILES string of the molecule is O=c1c2sccc2ncn1CCNCCc1cccs1. The monoisotopic (exact) mass is 305 g/mol. The second-order valence-corrected chi connectivity index (χ2v) is 6.41. The molecule has 3 heterocycles. The molecule has 0 atom stereocenters. The van der Waals surface area contributed by atoms with E-state index in [2.05, 4.69) is 27.8 Å². The molecule has 104 valence electrons. The topological polar surface area (TPSA) is 46.9 Å². The first-order chi connectivity index (χ1) is 9.84. The van der Waals surface area contributed by atoms with Crippen LogP contribution in [0.2, 0.25) is 0 Å². The number of rotatable bonds is 6. The molecule has 0 radical (unpaired) electrons. The lowest BCUT2D eigenvalue weighted by molar-refractivity contribution is 0.584. The highest BCUT2D eigenvalue weighted by Crippen LogP contribution is 2.12. The highest BCUT2D eigenvalue weighted by molar-refractivity contribution is 7.17. The third-order valence-electron chi connectivity index (χ3n) is 3.09. The summed E-state index contributed by atoms with van der Waals surface area (Å²) in [4.78, 5) is 17.8. The molecule has 0 bridgehead atoms. The standard InChI is InChI=1S/C14H15N3OS2/c18-14-13-12(4-9-20-13)16-10-17(14)7-6-15-5-3-11-2-1-8-19-11/h1-2,4,8-10,15H,3,5-7H2. The van der Waals surface area contributed by atoms with Crippen LogP contribution in [0, 0.1) is 0 Å². The van der Waals surface area contributed by atoms with Gasteiger partial charge in [0, 0.05) is 24.5 Å². The van der Waals surface area contributed by atoms with Gasteiger partial charge in [0.05, 0.1) is 11.8 Å². The van der Waals surface area contributed by atoms with Crippen molar-refractivity contribution in [1.29, 1.82) is 0 Å². The Labute approximate surface area is 124 Å². The van der Waals surface area contributed by atoms with E-state index in [9.17, 15) is 4.79 Å². The predicted molar refractivity (Wildman–Crippen MR) is 84.8 cm³/mol. The fourth-order valence-electron chi connectivity index (χ4n) is 2.03. The molecule has 4 nitrogen and oxygen atoms in total. The van der Waals surface area contributed by atoms with Crippen molar-refractivity contribution in [2.45, 2.75) is 13.0 Å². The van der Waals surface area contributed by atoms with Crippen molar-refractivity contribution in [3.05, 3.63) is 50.5 Å². The predicted octanol–water partition coefficient (Wildman–Crippen LogP) is 2.35. The molecule has 3 rings (SSSR count). The van der Waals surface area contributed by atoms with Crippen LogP contribution >= 0.6 is 22.7 Å². The molecule has 0 spiro atoms. The smallest absolute Gasteiger partial charge is 0.271 e. The molecule has 0 aliphatic carbocycles. The average Bonchev–Trinajstić information content (AvgIpc) is 3.11. The summed E-state index contributed by atoms with van der Waals surface area (Å²) in [7, 11) is 0. The maximum absolute atomic E-state index is 12.1. The highest BCUT2D eigenvalue weighted by Gasteiger charge is 2.04. The fourth-order valence-corrected chi connectivity index (χ4v) is 3.53. The van der Waals surface area contributed by atoms with Gasteiger partial charge in [-0.05, 0) is 29.3 Å². The van der Waals surface area contributed by atoms with E-state index in [1.165, 1.54) is 16.2 Å². The number of nitrogens with one attached hydrogen (secondary N) is 1. The van der Waals surface area contributed by atoms with E-state index in [4.69, 9.17) is 0 Å². The van der Waals surface area contributed by atoms with Gasteiger partial charge in [0.2, 0.25) is 0 Å². The molecule has 1 N–H and O–H groups in total. The van der Waals surface area contributed by atoms with E-state index in [1.807, 2.05) is 11.4 Å². The Morgan fingerprint density at radius 1 is 1.20 bits per heavy atom. The van der Waals surface area contributed by atoms with Crippen LogP contribution in [-0.4, -0.2) is 22.6 Å². The van der Waals surface area contributed by atoms with E-state index >= 15 is 0 Å². The van der Waals surface area contributed by atoms with Crippen molar-refractivity contribution in [2.75, 3.05) is 13.1 Å². The molecule has 0 saturated heterocycles. The average molecular weight is 305 g/mol. The van der Waals surface area contributed by atoms with Crippen molar-refractivity contribution >= 4 is 32.9 Å². The molecule has 20 heavy (non-hydrogen) atoms. The molecule has 0 unspecified atom stereocenters. The maximum Gasteiger partial charge on any atom is 0.271 e. The first-order valence-corrected chi connectivity index (χ1v) is 8.26. The molecule has 0 aliphatic rings. The summed E-state index contributed by atoms with van der Waals surface area (Å²) < 4.78 is 2.42. The van der Waals surface area contributed by atoms with Gasteiger partial charge in [-0.15, -0.1) is 22.7 Å². The third kappa shape index (κ3) is 2.98. The summed E-state index contributed by atoms with van der Waals surface area (Å²) in [6, 6.07) is 6.10. The summed E-state index contributed by atoms with van der Waals surface area (Å²) in [6.07, 6.45) is 2.67. The zero-order chi connectivity index (χ0) is 13.8. The number of fused-ring (bicyclic) bond motifs is 1. The molecule has 3 aromatic rings. The number of aromatic nitrogens is 2. The highest BCUT2D eigenvalue weighted by atomic mass is 32.1. The zero-order valence-corrected chi connectivity index (χ0v) is 12.5. The van der Waals surface area contributed by atoms with E-state index in [0.29, 0.717) is 6.54 Å². The Kier molecular flexibility index (Phi) is 4.25. The van der Waals surface area contributed by atoms with E-state index < -0.39 is 0 Å². The molecule has 6 heteroatoms. The molecule has 3 aromatic heterocycles. The van der Waals surface area contributed by atoms with Crippen molar-refractivity contribution in [2.24, 2.45) is 0 Å². The lowest BCUT2D eigenvalue weighted by Gasteiger charge is -2.06. The van der Waals surface area contributed by atoms with Gasteiger partial charge in [-0.25, -0.2) is 4.98 Å². The Bertz CT molecular complexity index is 730. The van der Waals surface area contributed by atoms with Gasteiger partial charge >= 0.3 is 0 Å². The molecular formula is C14H15N3OS2. The number of nitrogens with zero attached hydrogens (tertiary/aromatic N) is 2. The second-order valence-electron chi connectivity index (χ2n) is 4.46. The molecule has 0 fully saturated rings. The van der Waals surface area contributed by atoms with Crippen molar-refractivity contribution in [3.8, 4) is 0 Å². The van der Waals surface area contributed by atoms with E-state index in [-0.39, 0.29) is 5.56 Å². The molecule has 0 aliphatic heterocycles. The van der Waals surface area contributed by atoms with Crippen LogP contribution in [0.1, 0.15) is 4.88 Å². The first-order valence-electron chi connectivity index (χ1n) is 6.50. The molecule has 0 aromatic carbocycles. The van der Waals surface area contributed by atoms with Gasteiger partial charge in [-0.1, -0.05) is 6.07 Å². The number of hydrogen-bond acceptors (Lipinski definition) is 5. The second kappa shape index (κ2) is 6.30. The Morgan fingerprint density at radius 2 is 2.15 bits per heavy atom. The fraction of sp³-hybridized carbons (Fsp3) is 0.286. The van der Waals surface area contributed by atoms with Crippen molar-refractivity contribution in [1.82, 2.24) is 14.9 Å². The van der Waals surface area contributed by atoms with Crippen LogP contribution in [0.15, 0.2) is 40.1 Å². The lowest BCUT2D eigenvalue weighted by atomic mass is 10.3. The van der Waals surface area contributed by atoms with Gasteiger partial charge in [0.1, 0.15) is 4.70 Å². The lowest BCUT2D eigenvalue weighted by Crippen LogP contribution is -2.27. The van der Waals surface area contributed by atoms with E-state index in [0.717, 1.165) is 29.7 Å². The number of thiophene rings is 2. The zero-order valence-electron chi connectivity index (χ0n) is 10.9. The largest absolute Gasteiger partial charge is 0.315 e. The number of hydrogen-bond donors (Lipinski definition) is 1. The summed E-state index contributed by atoms with van der Waals surface area (Å²) in [5, 5.41) is 7.36. The van der Waals surface area contributed by atoms with Crippen LogP contribution in [0.25, 0.3) is 10.2 Å². The maximum atomic E-state index is 12.1. The minimum atomic E-state index is 0.0602. The van der Waals surface area contributed by atoms with Gasteiger partial charge in [0.15, 0.2) is 0 Å². The molecular weight excluding hydrogens is 290 g/mol. The summed E-state index contributed by atoms with van der Waals surface area (Å²) in [6.45, 7) is 2.37. The summed E-state index contributed by atoms with van der Waals surface area (Å²) in [5.41, 5.74) is 0.854. The van der Waals surface area contributed by atoms with Crippen LogP contribution in [-0.2, 0) is 13.0 Å². The third-order valence-corrected chi connectivity index (χ3v) is 4.92. The van der Waals surface area contributed by atoms with Crippen LogP contribution in [0.4, 0.5) is 0 Å². The minimum absolute atomic E-state index is 0.0602. The van der Waals surface area contributed by atoms with Gasteiger partial charge in [-0.3, -0.25) is 9.36 Å². The van der Waals surface area contributed by atoms with Crippen LogP contribution < -0.4 is 10.9 Å². The van der Waals surface area contributed by atoms with Gasteiger partial charge in [0.25, 0.3) is 5.56 Å². The summed E-state index contributed by atoms with van der Waals surface area (Å²) in [5.74, 6) is 0. The Balaban J connectivity index is 1.52. The quantitative estimate of drug-likeness (QED) is 0.711. The van der Waals surface area contributed by atoms with Crippen LogP contribution in [0.3, 0.4) is 0 Å². The molecule has 0 amide bonds. The first kappa shape index (κ1) is 13.5. The normalized spacial score (nSPS) is 11.2. The Hall–Kier alpha value is -1.50. The van der Waals surface area contributed by atoms with E-state index in [1.54, 1.807) is 22.2 Å². The van der Waals surface area contributed by atoms with Crippen LogP contribution in [0.5, 0.6) is 0 Å². The van der Waals surface area contributed by atoms with Gasteiger partial charge in [-0.2, -0.15) is 0 Å². The minimum Gasteiger partial charge on any atom is -0.315 e. The summed E-state index contributed by atoms with van der Waals surface area (Å²) >= 11 is 3.23. The van der Waals surface area contributed by atoms with Crippen molar-refractivity contribution < 1.29 is 0 Å². The van der Waals surface area contributed by atoms with Gasteiger partial charge < -0.3 is 5.32 Å². The Morgan fingerprint density at radius 3 is 3.00 bits per heavy atom.